The van der Waals surface area contributed by atoms with Crippen molar-refractivity contribution in [3.8, 4) is 10.7 Å². The maximum absolute atomic E-state index is 11.7. The van der Waals surface area contributed by atoms with Crippen LogP contribution in [0.3, 0.4) is 0 Å². The lowest BCUT2D eigenvalue weighted by Crippen LogP contribution is -2.03. The molecule has 8 heteroatoms. The lowest BCUT2D eigenvalue weighted by atomic mass is 10.3. The molecule has 0 saturated heterocycles. The average molecular weight is 321 g/mol. The van der Waals surface area contributed by atoms with E-state index in [4.69, 9.17) is 9.47 Å². The summed E-state index contributed by atoms with van der Waals surface area (Å²) in [6, 6.07) is 3.92. The Balaban J connectivity index is 2.00. The second kappa shape index (κ2) is 5.66. The van der Waals surface area contributed by atoms with E-state index < -0.39 is 5.97 Å². The van der Waals surface area contributed by atoms with Crippen molar-refractivity contribution < 1.29 is 14.3 Å². The zero-order valence-corrected chi connectivity index (χ0v) is 12.9. The molecule has 0 atom stereocenters. The number of nitrogens with zero attached hydrogens (tertiary/aromatic N) is 3. The lowest BCUT2D eigenvalue weighted by molar-refractivity contribution is -0.133. The number of ether oxygens (including phenoxy) is 2. The van der Waals surface area contributed by atoms with E-state index in [1.165, 1.54) is 31.8 Å². The number of aromatic nitrogens is 3. The zero-order valence-electron chi connectivity index (χ0n) is 11.3. The van der Waals surface area contributed by atoms with Gasteiger partial charge in [-0.3, -0.25) is 0 Å². The molecule has 3 heterocycles. The number of fused-ring (bicyclic) bond motifs is 1. The Bertz CT molecular complexity index is 770. The number of hydrogen-bond acceptors (Lipinski definition) is 7. The van der Waals surface area contributed by atoms with Gasteiger partial charge in [0.1, 0.15) is 5.57 Å². The Morgan fingerprint density at radius 1 is 1.43 bits per heavy atom. The molecular formula is C13H11N3O3S2. The minimum absolute atomic E-state index is 0.343. The Hall–Kier alpha value is -2.19. The number of methoxy groups -OCH3 is 2. The third-order valence-electron chi connectivity index (χ3n) is 2.69. The van der Waals surface area contributed by atoms with Gasteiger partial charge >= 0.3 is 5.97 Å². The quantitative estimate of drug-likeness (QED) is 0.420. The minimum Gasteiger partial charge on any atom is -0.503 e. The van der Waals surface area contributed by atoms with Crippen molar-refractivity contribution in [2.75, 3.05) is 14.2 Å². The van der Waals surface area contributed by atoms with Gasteiger partial charge in [0.05, 0.1) is 36.4 Å². The molecule has 0 amide bonds. The van der Waals surface area contributed by atoms with Gasteiger partial charge in [-0.15, -0.1) is 16.4 Å². The Morgan fingerprint density at radius 3 is 2.90 bits per heavy atom. The van der Waals surface area contributed by atoms with Crippen LogP contribution in [0.2, 0.25) is 0 Å². The summed E-state index contributed by atoms with van der Waals surface area (Å²) >= 11 is 2.93. The predicted molar refractivity (Wildman–Crippen MR) is 81.2 cm³/mol. The summed E-state index contributed by atoms with van der Waals surface area (Å²) in [6.45, 7) is 0. The number of thiophene rings is 1. The van der Waals surface area contributed by atoms with Crippen molar-refractivity contribution in [2.24, 2.45) is 0 Å². The van der Waals surface area contributed by atoms with E-state index in [1.54, 1.807) is 22.0 Å². The molecule has 0 spiro atoms. The Kier molecular flexibility index (Phi) is 3.72. The smallest absolute Gasteiger partial charge is 0.342 e. The van der Waals surface area contributed by atoms with Crippen molar-refractivity contribution in [1.82, 2.24) is 14.6 Å². The predicted octanol–water partition coefficient (Wildman–Crippen LogP) is 2.68. The highest BCUT2D eigenvalue weighted by Gasteiger charge is 2.18. The minimum atomic E-state index is -0.458. The fourth-order valence-electron chi connectivity index (χ4n) is 1.77. The zero-order chi connectivity index (χ0) is 14.8. The second-order valence-electron chi connectivity index (χ2n) is 3.99. The highest BCUT2D eigenvalue weighted by molar-refractivity contribution is 7.18. The van der Waals surface area contributed by atoms with Gasteiger partial charge in [-0.1, -0.05) is 17.4 Å². The van der Waals surface area contributed by atoms with Gasteiger partial charge in [-0.25, -0.2) is 9.31 Å². The van der Waals surface area contributed by atoms with E-state index in [9.17, 15) is 4.79 Å². The van der Waals surface area contributed by atoms with Crippen LogP contribution in [0.1, 0.15) is 4.88 Å². The number of rotatable bonds is 4. The van der Waals surface area contributed by atoms with Gasteiger partial charge in [0.2, 0.25) is 4.96 Å². The van der Waals surface area contributed by atoms with Crippen LogP contribution in [0.15, 0.2) is 30.0 Å². The van der Waals surface area contributed by atoms with Crippen molar-refractivity contribution in [3.05, 3.63) is 34.8 Å². The van der Waals surface area contributed by atoms with E-state index in [2.05, 4.69) is 10.1 Å². The molecule has 0 N–H and O–H groups in total. The SMILES string of the molecule is COC=C(C(=O)OC)c1cn2nc(-c3cccs3)nc2s1. The number of esters is 1. The molecule has 0 radical (unpaired) electrons. The third kappa shape index (κ3) is 2.55. The molecule has 0 bridgehead atoms. The van der Waals surface area contributed by atoms with Crippen molar-refractivity contribution in [2.45, 2.75) is 0 Å². The summed E-state index contributed by atoms with van der Waals surface area (Å²) in [4.78, 5) is 18.6. The van der Waals surface area contributed by atoms with Gasteiger partial charge in [-0.05, 0) is 11.4 Å². The fourth-order valence-corrected chi connectivity index (χ4v) is 3.33. The van der Waals surface area contributed by atoms with Gasteiger partial charge in [0.15, 0.2) is 5.82 Å². The summed E-state index contributed by atoms with van der Waals surface area (Å²) in [5.41, 5.74) is 0.343. The molecule has 0 aliphatic heterocycles. The molecule has 0 aliphatic rings. The second-order valence-corrected chi connectivity index (χ2v) is 5.95. The number of carbonyl (C=O) groups excluding carboxylic acids is 1. The largest absolute Gasteiger partial charge is 0.503 e. The van der Waals surface area contributed by atoms with Gasteiger partial charge in [0, 0.05) is 0 Å². The van der Waals surface area contributed by atoms with Crippen molar-refractivity contribution in [1.29, 1.82) is 0 Å². The van der Waals surface area contributed by atoms with Crippen LogP contribution in [0.5, 0.6) is 0 Å². The number of hydrogen-bond donors (Lipinski definition) is 0. The fraction of sp³-hybridized carbons (Fsp3) is 0.154. The molecule has 3 aromatic heterocycles. The highest BCUT2D eigenvalue weighted by atomic mass is 32.1. The van der Waals surface area contributed by atoms with Crippen LogP contribution in [0.25, 0.3) is 21.2 Å². The summed E-state index contributed by atoms with van der Waals surface area (Å²) in [5, 5.41) is 6.39. The summed E-state index contributed by atoms with van der Waals surface area (Å²) < 4.78 is 11.3. The topological polar surface area (TPSA) is 65.7 Å². The van der Waals surface area contributed by atoms with Crippen LogP contribution in [-0.2, 0) is 14.3 Å². The van der Waals surface area contributed by atoms with E-state index >= 15 is 0 Å². The first-order valence-electron chi connectivity index (χ1n) is 5.94. The summed E-state index contributed by atoms with van der Waals surface area (Å²) in [6.07, 6.45) is 3.10. The van der Waals surface area contributed by atoms with Crippen LogP contribution in [0, 0.1) is 0 Å². The monoisotopic (exact) mass is 321 g/mol. The summed E-state index contributed by atoms with van der Waals surface area (Å²) in [5.74, 6) is 0.220. The molecule has 3 rings (SSSR count). The molecule has 6 nitrogen and oxygen atoms in total. The first-order valence-corrected chi connectivity index (χ1v) is 7.64. The Morgan fingerprint density at radius 2 is 2.29 bits per heavy atom. The maximum atomic E-state index is 11.7. The highest BCUT2D eigenvalue weighted by Crippen LogP contribution is 2.28. The van der Waals surface area contributed by atoms with E-state index in [1.807, 2.05) is 17.5 Å². The maximum Gasteiger partial charge on any atom is 0.342 e. The van der Waals surface area contributed by atoms with Crippen molar-refractivity contribution >= 4 is 39.2 Å². The molecule has 0 fully saturated rings. The van der Waals surface area contributed by atoms with Crippen LogP contribution in [0.4, 0.5) is 0 Å². The normalized spacial score (nSPS) is 11.8. The molecule has 0 aliphatic carbocycles. The van der Waals surface area contributed by atoms with Gasteiger partial charge in [-0.2, -0.15) is 4.98 Å². The van der Waals surface area contributed by atoms with E-state index in [-0.39, 0.29) is 0 Å². The van der Waals surface area contributed by atoms with E-state index in [0.717, 1.165) is 4.88 Å². The van der Waals surface area contributed by atoms with Crippen LogP contribution in [-0.4, -0.2) is 34.8 Å². The number of thiazole rings is 1. The third-order valence-corrected chi connectivity index (χ3v) is 4.56. The molecule has 3 aromatic rings. The Labute approximate surface area is 128 Å². The summed E-state index contributed by atoms with van der Waals surface area (Å²) in [7, 11) is 2.81. The van der Waals surface area contributed by atoms with Gasteiger partial charge in [0.25, 0.3) is 0 Å². The first-order chi connectivity index (χ1) is 10.2. The van der Waals surface area contributed by atoms with Crippen LogP contribution >= 0.6 is 22.7 Å². The van der Waals surface area contributed by atoms with E-state index in [0.29, 0.717) is 21.2 Å². The lowest BCUT2D eigenvalue weighted by Gasteiger charge is -2.01. The molecule has 0 saturated carbocycles. The molecule has 0 unspecified atom stereocenters. The first kappa shape index (κ1) is 13.8. The standard InChI is InChI=1S/C13H11N3O3S2/c1-18-7-8(12(17)19-2)10-6-16-13(21-10)14-11(15-16)9-4-3-5-20-9/h3-7H,1-2H3. The average Bonchev–Trinajstić information content (AvgIpc) is 3.17. The molecular weight excluding hydrogens is 310 g/mol. The van der Waals surface area contributed by atoms with Crippen LogP contribution < -0.4 is 0 Å². The molecule has 108 valence electrons. The molecule has 0 aromatic carbocycles. The van der Waals surface area contributed by atoms with Gasteiger partial charge < -0.3 is 9.47 Å². The molecule has 21 heavy (non-hydrogen) atoms. The van der Waals surface area contributed by atoms with Crippen molar-refractivity contribution in [3.63, 3.8) is 0 Å². The number of carbonyl (C=O) groups is 1.